The Balaban J connectivity index is 2.10. The highest BCUT2D eigenvalue weighted by Crippen LogP contribution is 2.32. The van der Waals surface area contributed by atoms with Crippen molar-refractivity contribution in [3.63, 3.8) is 0 Å². The van der Waals surface area contributed by atoms with Crippen LogP contribution in [0.1, 0.15) is 6.92 Å². The number of aryl methyl sites for hydroxylation is 1. The summed E-state index contributed by atoms with van der Waals surface area (Å²) in [4.78, 5) is 19.5. The van der Waals surface area contributed by atoms with E-state index in [0.29, 0.717) is 16.9 Å². The normalized spacial score (nSPS) is 11.4. The molecular formula is C18H18F2N6O4S. The molecule has 3 rings (SSSR count). The van der Waals surface area contributed by atoms with Crippen LogP contribution in [0.25, 0.3) is 11.3 Å². The lowest BCUT2D eigenvalue weighted by molar-refractivity contribution is -0.114. The number of carbonyl (C=O) groups is 1. The zero-order valence-corrected chi connectivity index (χ0v) is 17.4. The molecule has 0 fully saturated rings. The molecule has 13 heteroatoms. The highest BCUT2D eigenvalue weighted by Gasteiger charge is 2.17. The number of amides is 1. The van der Waals surface area contributed by atoms with Gasteiger partial charge in [-0.2, -0.15) is 13.9 Å². The van der Waals surface area contributed by atoms with Gasteiger partial charge in [0.2, 0.25) is 5.91 Å². The summed E-state index contributed by atoms with van der Waals surface area (Å²) in [7, 11) is -2.10. The summed E-state index contributed by atoms with van der Waals surface area (Å²) in [5.41, 5.74) is 1.37. The van der Waals surface area contributed by atoms with E-state index in [-0.39, 0.29) is 23.3 Å². The Kier molecular flexibility index (Phi) is 6.15. The van der Waals surface area contributed by atoms with Crippen LogP contribution in [0.4, 0.5) is 26.1 Å². The lowest BCUT2D eigenvalue weighted by Crippen LogP contribution is -2.09. The molecule has 164 valence electrons. The minimum absolute atomic E-state index is 0.0734. The Morgan fingerprint density at radius 3 is 2.55 bits per heavy atom. The molecule has 31 heavy (non-hydrogen) atoms. The number of aromatic nitrogens is 4. The van der Waals surface area contributed by atoms with E-state index in [1.165, 1.54) is 19.2 Å². The Morgan fingerprint density at radius 1 is 1.23 bits per heavy atom. The smallest absolute Gasteiger partial charge is 0.387 e. The second kappa shape index (κ2) is 8.63. The summed E-state index contributed by atoms with van der Waals surface area (Å²) >= 11 is 0. The summed E-state index contributed by atoms with van der Waals surface area (Å²) in [5, 5.41) is 9.25. The lowest BCUT2D eigenvalue weighted by atomic mass is 10.1. The number of pyridine rings is 2. The van der Waals surface area contributed by atoms with E-state index in [1.807, 2.05) is 0 Å². The maximum atomic E-state index is 12.7. The van der Waals surface area contributed by atoms with Crippen LogP contribution in [0.3, 0.4) is 0 Å². The molecule has 1 amide bonds. The first-order valence-corrected chi connectivity index (χ1v) is 10.6. The van der Waals surface area contributed by atoms with Crippen LogP contribution >= 0.6 is 0 Å². The van der Waals surface area contributed by atoms with Crippen molar-refractivity contribution < 1.29 is 26.7 Å². The molecule has 0 atom stereocenters. The third-order valence-corrected chi connectivity index (χ3v) is 4.81. The SMILES string of the molecule is CC(=O)Nc1cc(Nc2cc(OC(F)F)cc(S(C)(=O)=O)n2)c(-c2ccn(C)n2)cn1. The van der Waals surface area contributed by atoms with Crippen molar-refractivity contribution in [3.8, 4) is 17.0 Å². The predicted molar refractivity (Wildman–Crippen MR) is 108 cm³/mol. The van der Waals surface area contributed by atoms with Gasteiger partial charge < -0.3 is 15.4 Å². The molecular weight excluding hydrogens is 434 g/mol. The van der Waals surface area contributed by atoms with E-state index in [9.17, 15) is 22.0 Å². The number of hydrogen-bond donors (Lipinski definition) is 2. The number of hydrogen-bond acceptors (Lipinski definition) is 8. The first kappa shape index (κ1) is 22.1. The van der Waals surface area contributed by atoms with Gasteiger partial charge in [0.25, 0.3) is 0 Å². The Labute approximate surface area is 176 Å². The topological polar surface area (TPSA) is 128 Å². The number of carbonyl (C=O) groups excluding carboxylic acids is 1. The molecule has 3 aromatic rings. The van der Waals surface area contributed by atoms with Crippen LogP contribution in [0.5, 0.6) is 5.75 Å². The molecule has 3 aromatic heterocycles. The molecule has 2 N–H and O–H groups in total. The molecule has 0 saturated heterocycles. The van der Waals surface area contributed by atoms with Crippen LogP contribution in [-0.4, -0.2) is 46.9 Å². The number of halogens is 2. The molecule has 3 heterocycles. The molecule has 0 aliphatic carbocycles. The van der Waals surface area contributed by atoms with Gasteiger partial charge in [-0.15, -0.1) is 0 Å². The van der Waals surface area contributed by atoms with Crippen molar-refractivity contribution in [1.82, 2.24) is 19.7 Å². The van der Waals surface area contributed by atoms with Gasteiger partial charge >= 0.3 is 6.61 Å². The van der Waals surface area contributed by atoms with E-state index in [0.717, 1.165) is 18.4 Å². The number of rotatable bonds is 7. The second-order valence-electron chi connectivity index (χ2n) is 6.47. The van der Waals surface area contributed by atoms with Crippen LogP contribution in [0, 0.1) is 0 Å². The van der Waals surface area contributed by atoms with Gasteiger partial charge in [-0.25, -0.2) is 18.4 Å². The fourth-order valence-corrected chi connectivity index (χ4v) is 3.21. The quantitative estimate of drug-likeness (QED) is 0.560. The van der Waals surface area contributed by atoms with Crippen LogP contribution in [-0.2, 0) is 21.7 Å². The van der Waals surface area contributed by atoms with E-state index in [2.05, 4.69) is 30.4 Å². The Bertz CT molecular complexity index is 1230. The molecule has 0 saturated carbocycles. The monoisotopic (exact) mass is 452 g/mol. The fourth-order valence-electron chi connectivity index (χ4n) is 2.61. The summed E-state index contributed by atoms with van der Waals surface area (Å²) < 4.78 is 55.2. The maximum Gasteiger partial charge on any atom is 0.387 e. The van der Waals surface area contributed by atoms with Crippen molar-refractivity contribution in [1.29, 1.82) is 0 Å². The van der Waals surface area contributed by atoms with Crippen LogP contribution < -0.4 is 15.4 Å². The van der Waals surface area contributed by atoms with Crippen LogP contribution in [0.2, 0.25) is 0 Å². The van der Waals surface area contributed by atoms with Crippen LogP contribution in [0.15, 0.2) is 41.7 Å². The van der Waals surface area contributed by atoms with Gasteiger partial charge in [-0.05, 0) is 6.07 Å². The fraction of sp³-hybridized carbons (Fsp3) is 0.222. The molecule has 0 aliphatic heterocycles. The molecule has 0 unspecified atom stereocenters. The predicted octanol–water partition coefficient (Wildman–Crippen LogP) is 2.58. The van der Waals surface area contributed by atoms with E-state index < -0.39 is 21.5 Å². The number of nitrogens with zero attached hydrogens (tertiary/aromatic N) is 4. The zero-order chi connectivity index (χ0) is 22.8. The van der Waals surface area contributed by atoms with Gasteiger partial charge in [0.05, 0.1) is 11.4 Å². The average molecular weight is 452 g/mol. The minimum Gasteiger partial charge on any atom is -0.435 e. The Morgan fingerprint density at radius 2 is 1.97 bits per heavy atom. The molecule has 0 spiro atoms. The first-order chi connectivity index (χ1) is 14.5. The van der Waals surface area contributed by atoms with Gasteiger partial charge in [-0.1, -0.05) is 0 Å². The highest BCUT2D eigenvalue weighted by atomic mass is 32.2. The summed E-state index contributed by atoms with van der Waals surface area (Å²) in [5.74, 6) is -0.606. The maximum absolute atomic E-state index is 12.7. The highest BCUT2D eigenvalue weighted by molar-refractivity contribution is 7.90. The van der Waals surface area contributed by atoms with Crippen molar-refractivity contribution in [2.75, 3.05) is 16.9 Å². The van der Waals surface area contributed by atoms with E-state index in [4.69, 9.17) is 0 Å². The standard InChI is InChI=1S/C18H18F2N6O4S/c1-10(27)22-15-8-14(12(9-21-15)13-4-5-26(2)25-13)23-16-6-11(30-18(19)20)7-17(24-16)31(3,28)29/h4-9,18H,1-3H3,(H2,21,22,23,24,27). The third kappa shape index (κ3) is 5.72. The summed E-state index contributed by atoms with van der Waals surface area (Å²) in [6.07, 6.45) is 4.05. The lowest BCUT2D eigenvalue weighted by Gasteiger charge is -2.14. The Hall–Kier alpha value is -3.61. The van der Waals surface area contributed by atoms with Gasteiger partial charge in [-0.3, -0.25) is 9.48 Å². The molecule has 0 aliphatic rings. The number of nitrogens with one attached hydrogen (secondary N) is 2. The minimum atomic E-state index is -3.82. The first-order valence-electron chi connectivity index (χ1n) is 8.73. The zero-order valence-electron chi connectivity index (χ0n) is 16.6. The van der Waals surface area contributed by atoms with Gasteiger partial charge in [0.1, 0.15) is 17.4 Å². The molecule has 10 nitrogen and oxygen atoms in total. The van der Waals surface area contributed by atoms with Crippen molar-refractivity contribution in [2.45, 2.75) is 18.6 Å². The number of sulfone groups is 1. The molecule has 0 radical (unpaired) electrons. The number of alkyl halides is 2. The number of ether oxygens (including phenoxy) is 1. The van der Waals surface area contributed by atoms with Crippen molar-refractivity contribution in [3.05, 3.63) is 36.7 Å². The summed E-state index contributed by atoms with van der Waals surface area (Å²) in [6, 6.07) is 5.23. The molecule has 0 bridgehead atoms. The van der Waals surface area contributed by atoms with Gasteiger partial charge in [0.15, 0.2) is 14.9 Å². The van der Waals surface area contributed by atoms with Crippen molar-refractivity contribution >= 4 is 33.1 Å². The number of anilines is 3. The van der Waals surface area contributed by atoms with Crippen molar-refractivity contribution in [2.24, 2.45) is 7.05 Å². The van der Waals surface area contributed by atoms with Gasteiger partial charge in [0, 0.05) is 56.4 Å². The van der Waals surface area contributed by atoms with E-state index in [1.54, 1.807) is 24.0 Å². The van der Waals surface area contributed by atoms with E-state index >= 15 is 0 Å². The largest absolute Gasteiger partial charge is 0.435 e. The average Bonchev–Trinajstić information content (AvgIpc) is 3.06. The summed E-state index contributed by atoms with van der Waals surface area (Å²) in [6.45, 7) is -1.84. The second-order valence-corrected chi connectivity index (χ2v) is 8.44. The third-order valence-electron chi connectivity index (χ3n) is 3.84. The molecule has 0 aromatic carbocycles.